The van der Waals surface area contributed by atoms with Crippen molar-refractivity contribution in [3.8, 4) is 0 Å². The van der Waals surface area contributed by atoms with Crippen molar-refractivity contribution in [2.75, 3.05) is 6.54 Å². The number of amides is 2. The summed E-state index contributed by atoms with van der Waals surface area (Å²) >= 11 is 0. The smallest absolute Gasteiger partial charge is 0.340 e. The molecule has 3 aromatic rings. The van der Waals surface area contributed by atoms with E-state index >= 15 is 0 Å². The summed E-state index contributed by atoms with van der Waals surface area (Å²) in [6, 6.07) is 2.49. The van der Waals surface area contributed by atoms with E-state index < -0.39 is 36.0 Å². The van der Waals surface area contributed by atoms with Crippen molar-refractivity contribution in [2.45, 2.75) is 47.1 Å². The van der Waals surface area contributed by atoms with Gasteiger partial charge in [-0.25, -0.2) is 9.59 Å². The number of aliphatic carboxylic acids is 1. The van der Waals surface area contributed by atoms with Crippen LogP contribution in [0.4, 0.5) is 0 Å². The maximum atomic E-state index is 12.5. The molecule has 170 valence electrons. The van der Waals surface area contributed by atoms with Crippen molar-refractivity contribution in [3.05, 3.63) is 45.0 Å². The Labute approximate surface area is 183 Å². The zero-order valence-electron chi connectivity index (χ0n) is 18.6. The summed E-state index contributed by atoms with van der Waals surface area (Å²) in [5.41, 5.74) is 2.14. The van der Waals surface area contributed by atoms with E-state index in [1.165, 1.54) is 0 Å². The van der Waals surface area contributed by atoms with Gasteiger partial charge in [0.2, 0.25) is 11.8 Å². The van der Waals surface area contributed by atoms with Crippen molar-refractivity contribution < 1.29 is 28.3 Å². The Kier molecular flexibility index (Phi) is 6.38. The predicted molar refractivity (Wildman–Crippen MR) is 118 cm³/mol. The van der Waals surface area contributed by atoms with E-state index in [4.69, 9.17) is 13.9 Å². The third-order valence-corrected chi connectivity index (χ3v) is 5.62. The standard InChI is InChI=1S/C23H26N2O7/c1-10(2)21(22(28)29)25-20(27)9-24-19(26)7-16-12(4)15-6-14-11(3)13(5)31-17(14)8-18(15)32-23(16)30/h6,8,10,21H,7,9H2,1-5H3,(H,24,26)(H,25,27)(H,28,29)/t21-/m0/s1. The van der Waals surface area contributed by atoms with Gasteiger partial charge in [-0.15, -0.1) is 0 Å². The number of benzene rings is 1. The molecule has 1 aromatic carbocycles. The number of carboxylic acids is 1. The summed E-state index contributed by atoms with van der Waals surface area (Å²) in [5, 5.41) is 15.5. The van der Waals surface area contributed by atoms with Crippen molar-refractivity contribution >= 4 is 39.7 Å². The molecule has 0 aliphatic heterocycles. The summed E-state index contributed by atoms with van der Waals surface area (Å²) in [7, 11) is 0. The van der Waals surface area contributed by atoms with Gasteiger partial charge >= 0.3 is 11.6 Å². The molecule has 9 heteroatoms. The van der Waals surface area contributed by atoms with E-state index in [-0.39, 0.29) is 17.9 Å². The number of nitrogens with one attached hydrogen (secondary N) is 2. The molecule has 0 aliphatic carbocycles. The Morgan fingerprint density at radius 2 is 1.59 bits per heavy atom. The first-order valence-corrected chi connectivity index (χ1v) is 10.2. The Bertz CT molecular complexity index is 1280. The van der Waals surface area contributed by atoms with Gasteiger partial charge in [0.05, 0.1) is 18.5 Å². The molecule has 2 heterocycles. The van der Waals surface area contributed by atoms with Crippen LogP contribution in [0.25, 0.3) is 21.9 Å². The zero-order valence-corrected chi connectivity index (χ0v) is 18.6. The van der Waals surface area contributed by atoms with Crippen LogP contribution in [0.1, 0.15) is 36.3 Å². The average Bonchev–Trinajstić information content (AvgIpc) is 2.99. The fourth-order valence-corrected chi connectivity index (χ4v) is 3.57. The molecule has 2 aromatic heterocycles. The molecule has 9 nitrogen and oxygen atoms in total. The van der Waals surface area contributed by atoms with E-state index in [9.17, 15) is 19.2 Å². The normalized spacial score (nSPS) is 12.3. The summed E-state index contributed by atoms with van der Waals surface area (Å²) in [5.74, 6) is -1.87. The molecule has 0 bridgehead atoms. The summed E-state index contributed by atoms with van der Waals surface area (Å²) < 4.78 is 11.1. The molecule has 0 saturated heterocycles. The van der Waals surface area contributed by atoms with Gasteiger partial charge < -0.3 is 24.6 Å². The molecule has 0 unspecified atom stereocenters. The van der Waals surface area contributed by atoms with Crippen LogP contribution in [-0.4, -0.2) is 35.5 Å². The topological polar surface area (TPSA) is 139 Å². The summed E-state index contributed by atoms with van der Waals surface area (Å²) in [6.45, 7) is 8.47. The highest BCUT2D eigenvalue weighted by atomic mass is 16.4. The van der Waals surface area contributed by atoms with Crippen LogP contribution in [0.2, 0.25) is 0 Å². The van der Waals surface area contributed by atoms with Crippen LogP contribution < -0.4 is 16.3 Å². The highest BCUT2D eigenvalue weighted by Gasteiger charge is 2.24. The Morgan fingerprint density at radius 3 is 2.22 bits per heavy atom. The van der Waals surface area contributed by atoms with Gasteiger partial charge in [0.25, 0.3) is 0 Å². The van der Waals surface area contributed by atoms with Crippen LogP contribution >= 0.6 is 0 Å². The van der Waals surface area contributed by atoms with Gasteiger partial charge in [-0.3, -0.25) is 9.59 Å². The lowest BCUT2D eigenvalue weighted by Crippen LogP contribution is -2.48. The lowest BCUT2D eigenvalue weighted by Gasteiger charge is -2.18. The number of fused-ring (bicyclic) bond motifs is 2. The molecule has 0 spiro atoms. The number of aryl methyl sites for hydroxylation is 3. The molecule has 0 radical (unpaired) electrons. The maximum absolute atomic E-state index is 12.5. The van der Waals surface area contributed by atoms with Gasteiger partial charge in [0.15, 0.2) is 0 Å². The van der Waals surface area contributed by atoms with Crippen LogP contribution in [0, 0.1) is 26.7 Å². The minimum absolute atomic E-state index is 0.193. The third-order valence-electron chi connectivity index (χ3n) is 5.62. The van der Waals surface area contributed by atoms with Gasteiger partial charge in [0, 0.05) is 16.8 Å². The fraction of sp³-hybridized carbons (Fsp3) is 0.391. The molecule has 3 rings (SSSR count). The highest BCUT2D eigenvalue weighted by molar-refractivity contribution is 5.97. The number of carbonyl (C=O) groups excluding carboxylic acids is 2. The van der Waals surface area contributed by atoms with Crippen LogP contribution in [0.5, 0.6) is 0 Å². The second kappa shape index (κ2) is 8.86. The van der Waals surface area contributed by atoms with E-state index in [1.54, 1.807) is 26.8 Å². The van der Waals surface area contributed by atoms with Crippen molar-refractivity contribution in [3.63, 3.8) is 0 Å². The number of carboxylic acid groups (broad SMARTS) is 1. The van der Waals surface area contributed by atoms with Gasteiger partial charge in [-0.2, -0.15) is 0 Å². The lowest BCUT2D eigenvalue weighted by molar-refractivity contribution is -0.143. The summed E-state index contributed by atoms with van der Waals surface area (Å²) in [4.78, 5) is 48.1. The Morgan fingerprint density at radius 1 is 0.969 bits per heavy atom. The molecule has 0 aliphatic rings. The zero-order chi connectivity index (χ0) is 23.7. The molecular weight excluding hydrogens is 416 g/mol. The first-order valence-electron chi connectivity index (χ1n) is 10.2. The fourth-order valence-electron chi connectivity index (χ4n) is 3.57. The predicted octanol–water partition coefficient (Wildman–Crippen LogP) is 2.35. The first-order chi connectivity index (χ1) is 15.0. The average molecular weight is 442 g/mol. The lowest BCUT2D eigenvalue weighted by atomic mass is 10.0. The third kappa shape index (κ3) is 4.51. The maximum Gasteiger partial charge on any atom is 0.340 e. The van der Waals surface area contributed by atoms with Crippen molar-refractivity contribution in [1.29, 1.82) is 0 Å². The monoisotopic (exact) mass is 442 g/mol. The molecule has 32 heavy (non-hydrogen) atoms. The van der Waals surface area contributed by atoms with Gasteiger partial charge in [-0.1, -0.05) is 13.8 Å². The largest absolute Gasteiger partial charge is 0.480 e. The number of carbonyl (C=O) groups is 3. The van der Waals surface area contributed by atoms with E-state index in [1.807, 2.05) is 19.9 Å². The molecule has 0 saturated carbocycles. The van der Waals surface area contributed by atoms with Crippen molar-refractivity contribution in [1.82, 2.24) is 10.6 Å². The van der Waals surface area contributed by atoms with E-state index in [0.29, 0.717) is 22.1 Å². The van der Waals surface area contributed by atoms with Gasteiger partial charge in [0.1, 0.15) is 23.0 Å². The minimum atomic E-state index is -1.15. The van der Waals surface area contributed by atoms with Gasteiger partial charge in [-0.05, 0) is 43.9 Å². The molecule has 1 atom stereocenters. The molecular formula is C23H26N2O7. The number of furan rings is 1. The van der Waals surface area contributed by atoms with Crippen LogP contribution in [0.3, 0.4) is 0 Å². The molecule has 3 N–H and O–H groups in total. The Hall–Kier alpha value is -3.62. The SMILES string of the molecule is Cc1oc2cc3oc(=O)c(CC(=O)NCC(=O)N[C@H](C(=O)O)C(C)C)c(C)c3cc2c1C. The molecule has 2 amide bonds. The second-order valence-corrected chi connectivity index (χ2v) is 8.20. The molecule has 0 fully saturated rings. The number of hydrogen-bond acceptors (Lipinski definition) is 6. The second-order valence-electron chi connectivity index (χ2n) is 8.20. The summed E-state index contributed by atoms with van der Waals surface area (Å²) in [6.07, 6.45) is -0.272. The first kappa shape index (κ1) is 23.1. The minimum Gasteiger partial charge on any atom is -0.480 e. The van der Waals surface area contributed by atoms with Crippen LogP contribution in [0.15, 0.2) is 25.8 Å². The van der Waals surface area contributed by atoms with Crippen LogP contribution in [-0.2, 0) is 20.8 Å². The van der Waals surface area contributed by atoms with E-state index in [2.05, 4.69) is 10.6 Å². The van der Waals surface area contributed by atoms with Crippen molar-refractivity contribution in [2.24, 2.45) is 5.92 Å². The quantitative estimate of drug-likeness (QED) is 0.477. The Balaban J connectivity index is 1.78. The highest BCUT2D eigenvalue weighted by Crippen LogP contribution is 2.30. The van der Waals surface area contributed by atoms with E-state index in [0.717, 1.165) is 16.7 Å². The number of hydrogen-bond donors (Lipinski definition) is 3. The number of rotatable bonds is 7.